The zero-order chi connectivity index (χ0) is 73.3. The molecule has 0 spiro atoms. The predicted octanol–water partition coefficient (Wildman–Crippen LogP) is 7.84. The van der Waals surface area contributed by atoms with Gasteiger partial charge in [0.2, 0.25) is 10.0 Å². The normalized spacial score (nSPS) is 34.5. The minimum Gasteiger partial charge on any atom is -0.428 e. The molecule has 21 aliphatic rings. The van der Waals surface area contributed by atoms with E-state index in [2.05, 4.69) is 119 Å². The summed E-state index contributed by atoms with van der Waals surface area (Å²) in [5, 5.41) is 75.4. The Bertz CT molecular complexity index is 4510. The lowest BCUT2D eigenvalue weighted by atomic mass is 9.48. The van der Waals surface area contributed by atoms with E-state index in [9.17, 15) is 28.8 Å². The molecule has 8 unspecified atom stereocenters. The maximum Gasteiger partial charge on any atom is 0.465 e. The lowest BCUT2D eigenvalue weighted by Crippen LogP contribution is -2.58. The number of rotatable bonds is 9. The zero-order valence-corrected chi connectivity index (χ0v) is 63.7. The fourth-order valence-electron chi connectivity index (χ4n) is 25.6. The van der Waals surface area contributed by atoms with E-state index in [4.69, 9.17) is 30.3 Å². The van der Waals surface area contributed by atoms with Crippen LogP contribution in [0.3, 0.4) is 0 Å². The van der Waals surface area contributed by atoms with E-state index in [1.165, 1.54) is 127 Å². The molecule has 556 valence electrons. The van der Waals surface area contributed by atoms with Gasteiger partial charge in [-0.05, 0) is 203 Å². The van der Waals surface area contributed by atoms with Crippen LogP contribution in [0.15, 0.2) is 99.8 Å². The van der Waals surface area contributed by atoms with Crippen molar-refractivity contribution >= 4 is 107 Å². The second kappa shape index (κ2) is 26.7. The van der Waals surface area contributed by atoms with Crippen molar-refractivity contribution < 1.29 is 28.8 Å². The second-order valence-electron chi connectivity index (χ2n) is 36.7. The van der Waals surface area contributed by atoms with Gasteiger partial charge in [-0.1, -0.05) is 99.4 Å². The summed E-state index contributed by atoms with van der Waals surface area (Å²) in [6, 6.07) is 9.69. The standard InChI is InChI=1S/C24H29BN4O3S.3C20H24BN3O/c1-29(15-17-6-3-2-4-7-17)33(31,32)16-18-10-12-19(13-11-18)24-23-20-8-5-9-22(20)26-14-21(23)25(30)28-27-24;3*1-21-15-10-22-16-4-2-3-14(16)18(15)19(23-24-21)17-12-5-11-6-13(17)9-20(25,7-11)8-12/h2-8,14,18-19,28,30H,9-13,15-16H2,1H3;3*2-3,10-13,17,24-25H,4-9H2,1H3/t;2*11?,12-,13+,17?,20?;. The quantitative estimate of drug-likeness (QED) is 0.0654. The molecule has 12 bridgehead atoms. The summed E-state index contributed by atoms with van der Waals surface area (Å²) in [6.45, 7) is 7.56. The van der Waals surface area contributed by atoms with Gasteiger partial charge in [-0.2, -0.15) is 20.4 Å². The maximum atomic E-state index is 13.0. The Hall–Kier alpha value is -7.33. The number of aliphatic hydroxyl groups is 3. The van der Waals surface area contributed by atoms with E-state index < -0.39 is 17.1 Å². The molecule has 12 atom stereocenters. The number of nitrogens with one attached hydrogen (secondary N) is 4. The van der Waals surface area contributed by atoms with E-state index in [0.29, 0.717) is 59.8 Å². The van der Waals surface area contributed by atoms with Crippen LogP contribution >= 0.6 is 0 Å². The van der Waals surface area contributed by atoms with Gasteiger partial charge >= 0.3 is 27.6 Å². The number of hydrazone groups is 4. The van der Waals surface area contributed by atoms with Crippen LogP contribution in [0.1, 0.15) is 195 Å². The van der Waals surface area contributed by atoms with Gasteiger partial charge < -0.3 is 41.7 Å². The van der Waals surface area contributed by atoms with E-state index in [0.717, 1.165) is 160 Å². The van der Waals surface area contributed by atoms with Crippen molar-refractivity contribution in [2.24, 2.45) is 103 Å². The molecule has 0 saturated heterocycles. The van der Waals surface area contributed by atoms with Gasteiger partial charge in [0.25, 0.3) is 0 Å². The average molecular weight is 1460 g/mol. The van der Waals surface area contributed by atoms with Crippen molar-refractivity contribution in [3.8, 4) is 0 Å². The molecule has 8 N–H and O–H groups in total. The monoisotopic (exact) mass is 1460 g/mol. The van der Waals surface area contributed by atoms with Gasteiger partial charge in [-0.15, -0.1) is 0 Å². The summed E-state index contributed by atoms with van der Waals surface area (Å²) in [5.41, 5.74) is 23.9. The zero-order valence-electron chi connectivity index (χ0n) is 62.9. The van der Waals surface area contributed by atoms with Crippen molar-refractivity contribution in [3.63, 3.8) is 0 Å². The molecule has 24 heteroatoms. The fraction of sp³-hybridized carbons (Fsp3) is 0.548. The SMILES string of the molecule is CB1NN=C(C2C3CC4CC2CC(O)(C4)C3)c2c1cnc1c2C=CC1.CB1NN=C(C2[C@@H]3CC4C[C@H]2CC(O)(C4)C3)c2c1cnc1c2C=CC1.CB1NN=C(C2[C@@H]3CC4C[C@H]2CC(O)(C4)C3)c2c1cnc1c2C=CC1.CN(Cc1ccccc1)S(=O)(=O)CC1CCC(C2=NNB(O)c3cnc4c(c32)C=CC4)CC1. The number of hydrogen-bond acceptors (Lipinski definition) is 18. The number of nitrogens with zero attached hydrogens (tertiary/aromatic N) is 9. The van der Waals surface area contributed by atoms with Gasteiger partial charge in [0.05, 0.1) is 68.2 Å². The summed E-state index contributed by atoms with van der Waals surface area (Å²) in [6.07, 6.45) is 49.2. The smallest absolute Gasteiger partial charge is 0.428 e. The van der Waals surface area contributed by atoms with Gasteiger partial charge in [-0.25, -0.2) is 12.7 Å². The Morgan fingerprint density at radius 3 is 1.14 bits per heavy atom. The highest BCUT2D eigenvalue weighted by atomic mass is 32.2. The molecule has 26 rings (SSSR count). The lowest BCUT2D eigenvalue weighted by Gasteiger charge is -2.58. The fourth-order valence-corrected chi connectivity index (χ4v) is 27.1. The Kier molecular flexibility index (Phi) is 17.3. The molecule has 4 aliphatic heterocycles. The molecule has 17 aliphatic carbocycles. The van der Waals surface area contributed by atoms with Crippen LogP contribution in [0, 0.1) is 82.9 Å². The highest BCUT2D eigenvalue weighted by molar-refractivity contribution is 7.89. The van der Waals surface area contributed by atoms with Crippen LogP contribution in [0.4, 0.5) is 0 Å². The summed E-state index contributed by atoms with van der Waals surface area (Å²) in [4.78, 5) is 18.6. The van der Waals surface area contributed by atoms with Crippen LogP contribution in [-0.2, 0) is 42.3 Å². The highest BCUT2D eigenvalue weighted by Crippen LogP contribution is 2.62. The third-order valence-corrected chi connectivity index (χ3v) is 31.5. The van der Waals surface area contributed by atoms with E-state index in [-0.39, 0.29) is 54.9 Å². The Balaban J connectivity index is 0.0000000954. The van der Waals surface area contributed by atoms with Crippen LogP contribution in [0.5, 0.6) is 0 Å². The summed E-state index contributed by atoms with van der Waals surface area (Å²) in [5.74, 6) is 7.80. The first-order chi connectivity index (χ1) is 52.3. The van der Waals surface area contributed by atoms with Crippen molar-refractivity contribution in [1.29, 1.82) is 0 Å². The number of hydrogen-bond donors (Lipinski definition) is 8. The molecular weight excluding hydrogens is 1360 g/mol. The first-order valence-electron chi connectivity index (χ1n) is 41.2. The number of fused-ring (bicyclic) bond motifs is 12. The maximum absolute atomic E-state index is 13.0. The molecule has 108 heavy (non-hydrogen) atoms. The van der Waals surface area contributed by atoms with E-state index >= 15 is 0 Å². The molecule has 4 aromatic heterocycles. The average Bonchev–Trinajstić information content (AvgIpc) is 0.930. The number of benzene rings is 1. The van der Waals surface area contributed by atoms with Crippen LogP contribution in [-0.4, -0.2) is 133 Å². The van der Waals surface area contributed by atoms with Crippen LogP contribution in [0.25, 0.3) is 24.3 Å². The molecule has 13 saturated carbocycles. The highest BCUT2D eigenvalue weighted by Gasteiger charge is 2.60. The number of aromatic nitrogens is 4. The third-order valence-electron chi connectivity index (χ3n) is 29.5. The molecule has 1 aromatic carbocycles. The molecule has 19 nitrogen and oxygen atoms in total. The van der Waals surface area contributed by atoms with Gasteiger partial charge in [0.1, 0.15) is 0 Å². The first kappa shape index (κ1) is 69.8. The Morgan fingerprint density at radius 1 is 0.454 bits per heavy atom. The molecule has 0 amide bonds. The van der Waals surface area contributed by atoms with Crippen molar-refractivity contribution in [2.75, 3.05) is 12.8 Å². The second-order valence-corrected chi connectivity index (χ2v) is 38.8. The first-order valence-corrected chi connectivity index (χ1v) is 42.8. The number of sulfonamides is 1. The Morgan fingerprint density at radius 2 is 0.787 bits per heavy atom. The molecule has 8 heterocycles. The third kappa shape index (κ3) is 12.1. The Labute approximate surface area is 637 Å². The minimum atomic E-state index is -3.32. The van der Waals surface area contributed by atoms with Gasteiger partial charge in [0.15, 0.2) is 0 Å². The summed E-state index contributed by atoms with van der Waals surface area (Å²) >= 11 is 0. The molecule has 13 fully saturated rings. The number of allylic oxidation sites excluding steroid dienone is 4. The number of pyridine rings is 4. The topological polar surface area (TPSA) is 267 Å². The van der Waals surface area contributed by atoms with Crippen molar-refractivity contribution in [2.45, 2.75) is 191 Å². The van der Waals surface area contributed by atoms with E-state index in [1.54, 1.807) is 13.2 Å². The molecule has 5 aromatic rings. The summed E-state index contributed by atoms with van der Waals surface area (Å²) < 4.78 is 27.4. The van der Waals surface area contributed by atoms with Gasteiger partial charge in [-0.3, -0.25) is 19.9 Å². The predicted molar refractivity (Wildman–Crippen MR) is 431 cm³/mol. The molecule has 0 radical (unpaired) electrons. The minimum absolute atomic E-state index is 0.148. The van der Waals surface area contributed by atoms with Gasteiger partial charge in [0, 0.05) is 138 Å². The van der Waals surface area contributed by atoms with Crippen molar-refractivity contribution in [3.05, 3.63) is 152 Å². The van der Waals surface area contributed by atoms with Crippen molar-refractivity contribution in [1.82, 2.24) is 45.6 Å². The summed E-state index contributed by atoms with van der Waals surface area (Å²) in [7, 11) is -2.51. The largest absolute Gasteiger partial charge is 0.465 e. The molecular formula is C84H101B4N13O6S. The lowest BCUT2D eigenvalue weighted by molar-refractivity contribution is -0.138. The van der Waals surface area contributed by atoms with Crippen LogP contribution < -0.4 is 43.2 Å². The van der Waals surface area contributed by atoms with E-state index in [1.807, 2.05) is 30.3 Å². The van der Waals surface area contributed by atoms with Crippen LogP contribution in [0.2, 0.25) is 20.5 Å².